The number of aromatic nitrogens is 2. The van der Waals surface area contributed by atoms with E-state index in [-0.39, 0.29) is 0 Å². The summed E-state index contributed by atoms with van der Waals surface area (Å²) in [5.74, 6) is 0.687. The van der Waals surface area contributed by atoms with E-state index in [4.69, 9.17) is 0 Å². The maximum absolute atomic E-state index is 10.8. The Labute approximate surface area is 103 Å². The number of nitrogens with zero attached hydrogens (tertiary/aromatic N) is 3. The van der Waals surface area contributed by atoms with Crippen molar-refractivity contribution in [3.05, 3.63) is 17.5 Å². The molecule has 2 rings (SSSR count). The fourth-order valence-corrected chi connectivity index (χ4v) is 2.55. The van der Waals surface area contributed by atoms with Crippen LogP contribution >= 0.6 is 0 Å². The highest BCUT2D eigenvalue weighted by molar-refractivity contribution is 5.72. The minimum Gasteiger partial charge on any atom is -0.301 e. The van der Waals surface area contributed by atoms with Crippen LogP contribution in [0.3, 0.4) is 0 Å². The van der Waals surface area contributed by atoms with Gasteiger partial charge in [0.05, 0.1) is 5.69 Å². The fourth-order valence-electron chi connectivity index (χ4n) is 2.55. The summed E-state index contributed by atoms with van der Waals surface area (Å²) in [6.45, 7) is 6.83. The molecule has 94 valence electrons. The third-order valence-corrected chi connectivity index (χ3v) is 3.63. The lowest BCUT2D eigenvalue weighted by Gasteiger charge is -2.19. The molecule has 1 aromatic rings. The molecule has 1 unspecified atom stereocenters. The normalized spacial score (nSPS) is 21.3. The van der Waals surface area contributed by atoms with Crippen molar-refractivity contribution in [2.24, 2.45) is 13.0 Å². The second kappa shape index (κ2) is 5.00. The summed E-state index contributed by atoms with van der Waals surface area (Å²) >= 11 is 0. The van der Waals surface area contributed by atoms with Gasteiger partial charge < -0.3 is 4.90 Å². The number of carbonyl (C=O) groups excluding carboxylic acids is 1. The highest BCUT2D eigenvalue weighted by atomic mass is 16.1. The zero-order valence-electron chi connectivity index (χ0n) is 10.9. The van der Waals surface area contributed by atoms with Gasteiger partial charge in [0.1, 0.15) is 5.69 Å². The number of hydrogen-bond donors (Lipinski definition) is 0. The standard InChI is InChI=1S/C13H21N3O/c1-10(2)16-5-4-11(8-16)6-12-7-13(9-17)15(3)14-12/h7,9-11H,4-6,8H2,1-3H3. The van der Waals surface area contributed by atoms with Gasteiger partial charge in [-0.15, -0.1) is 0 Å². The first-order valence-corrected chi connectivity index (χ1v) is 6.32. The van der Waals surface area contributed by atoms with Crippen LogP contribution in [-0.4, -0.2) is 40.1 Å². The van der Waals surface area contributed by atoms with Crippen molar-refractivity contribution in [3.8, 4) is 0 Å². The molecule has 0 aliphatic carbocycles. The van der Waals surface area contributed by atoms with Crippen molar-refractivity contribution >= 4 is 6.29 Å². The minimum absolute atomic E-state index is 0.634. The minimum atomic E-state index is 0.634. The van der Waals surface area contributed by atoms with Gasteiger partial charge >= 0.3 is 0 Å². The number of aldehydes is 1. The lowest BCUT2D eigenvalue weighted by atomic mass is 10.0. The molecule has 0 saturated carbocycles. The van der Waals surface area contributed by atoms with Crippen LogP contribution in [0.4, 0.5) is 0 Å². The maximum Gasteiger partial charge on any atom is 0.168 e. The number of carbonyl (C=O) groups is 1. The highest BCUT2D eigenvalue weighted by Gasteiger charge is 2.25. The van der Waals surface area contributed by atoms with Crippen molar-refractivity contribution in [2.75, 3.05) is 13.1 Å². The summed E-state index contributed by atoms with van der Waals surface area (Å²) in [7, 11) is 1.82. The molecule has 0 aromatic carbocycles. The van der Waals surface area contributed by atoms with Crippen LogP contribution in [-0.2, 0) is 13.5 Å². The van der Waals surface area contributed by atoms with Crippen LogP contribution < -0.4 is 0 Å². The third kappa shape index (κ3) is 2.75. The van der Waals surface area contributed by atoms with Gasteiger partial charge in [-0.05, 0) is 45.2 Å². The summed E-state index contributed by atoms with van der Waals surface area (Å²) in [5, 5.41) is 4.38. The van der Waals surface area contributed by atoms with E-state index in [1.807, 2.05) is 13.1 Å². The van der Waals surface area contributed by atoms with Gasteiger partial charge in [-0.1, -0.05) is 0 Å². The van der Waals surface area contributed by atoms with Crippen molar-refractivity contribution in [2.45, 2.75) is 32.7 Å². The van der Waals surface area contributed by atoms with Crippen molar-refractivity contribution in [1.29, 1.82) is 0 Å². The van der Waals surface area contributed by atoms with Crippen LogP contribution in [0.2, 0.25) is 0 Å². The van der Waals surface area contributed by atoms with E-state index < -0.39 is 0 Å². The molecule has 1 aliphatic rings. The maximum atomic E-state index is 10.8. The van der Waals surface area contributed by atoms with Gasteiger partial charge in [-0.3, -0.25) is 9.48 Å². The molecule has 0 spiro atoms. The third-order valence-electron chi connectivity index (χ3n) is 3.63. The molecule has 1 aromatic heterocycles. The molecule has 1 aliphatic heterocycles. The van der Waals surface area contributed by atoms with Crippen LogP contribution in [0.5, 0.6) is 0 Å². The van der Waals surface area contributed by atoms with Gasteiger partial charge in [-0.2, -0.15) is 5.10 Å². The molecule has 17 heavy (non-hydrogen) atoms. The van der Waals surface area contributed by atoms with Crippen molar-refractivity contribution < 1.29 is 4.79 Å². The number of aryl methyl sites for hydroxylation is 1. The Morgan fingerprint density at radius 1 is 1.59 bits per heavy atom. The highest BCUT2D eigenvalue weighted by Crippen LogP contribution is 2.22. The number of rotatable bonds is 4. The molecule has 1 fully saturated rings. The fraction of sp³-hybridized carbons (Fsp3) is 0.692. The molecule has 2 heterocycles. The molecule has 1 saturated heterocycles. The first-order valence-electron chi connectivity index (χ1n) is 6.32. The Morgan fingerprint density at radius 3 is 2.88 bits per heavy atom. The van der Waals surface area contributed by atoms with Crippen LogP contribution in [0.25, 0.3) is 0 Å². The summed E-state index contributed by atoms with van der Waals surface area (Å²) in [6, 6.07) is 2.54. The Hall–Kier alpha value is -1.16. The molecule has 4 heteroatoms. The SMILES string of the molecule is CC(C)N1CCC(Cc2cc(C=O)n(C)n2)C1. The first-order chi connectivity index (χ1) is 8.10. The lowest BCUT2D eigenvalue weighted by Crippen LogP contribution is -2.28. The predicted octanol–water partition coefficient (Wildman–Crippen LogP) is 1.51. The van der Waals surface area contributed by atoms with E-state index in [9.17, 15) is 4.79 Å². The van der Waals surface area contributed by atoms with Gasteiger partial charge in [0.2, 0.25) is 0 Å². The lowest BCUT2D eigenvalue weighted by molar-refractivity contribution is 0.111. The summed E-state index contributed by atoms with van der Waals surface area (Å²) in [5.41, 5.74) is 1.71. The zero-order chi connectivity index (χ0) is 12.4. The Morgan fingerprint density at radius 2 is 2.35 bits per heavy atom. The molecule has 4 nitrogen and oxygen atoms in total. The monoisotopic (exact) mass is 235 g/mol. The molecular weight excluding hydrogens is 214 g/mol. The summed E-state index contributed by atoms with van der Waals surface area (Å²) < 4.78 is 1.66. The van der Waals surface area contributed by atoms with E-state index in [0.717, 1.165) is 24.9 Å². The summed E-state index contributed by atoms with van der Waals surface area (Å²) in [4.78, 5) is 13.3. The molecule has 1 atom stereocenters. The molecule has 0 amide bonds. The first kappa shape index (κ1) is 12.3. The van der Waals surface area contributed by atoms with Crippen LogP contribution in [0.15, 0.2) is 6.07 Å². The number of hydrogen-bond acceptors (Lipinski definition) is 3. The topological polar surface area (TPSA) is 38.1 Å². The Bertz CT molecular complexity index is 397. The van der Waals surface area contributed by atoms with E-state index in [0.29, 0.717) is 17.7 Å². The molecule has 0 N–H and O–H groups in total. The molecule has 0 radical (unpaired) electrons. The van der Waals surface area contributed by atoms with Crippen molar-refractivity contribution in [1.82, 2.24) is 14.7 Å². The van der Waals surface area contributed by atoms with Gasteiger partial charge in [0.25, 0.3) is 0 Å². The Balaban J connectivity index is 1.95. The van der Waals surface area contributed by atoms with Crippen molar-refractivity contribution in [3.63, 3.8) is 0 Å². The van der Waals surface area contributed by atoms with Crippen LogP contribution in [0, 0.1) is 5.92 Å². The smallest absolute Gasteiger partial charge is 0.168 e. The summed E-state index contributed by atoms with van der Waals surface area (Å²) in [6.07, 6.45) is 3.10. The Kier molecular flexibility index (Phi) is 3.62. The second-order valence-corrected chi connectivity index (χ2v) is 5.25. The molecular formula is C13H21N3O. The van der Waals surface area contributed by atoms with E-state index in [1.54, 1.807) is 4.68 Å². The quantitative estimate of drug-likeness (QED) is 0.742. The second-order valence-electron chi connectivity index (χ2n) is 5.25. The molecule has 0 bridgehead atoms. The largest absolute Gasteiger partial charge is 0.301 e. The van der Waals surface area contributed by atoms with E-state index in [2.05, 4.69) is 23.8 Å². The predicted molar refractivity (Wildman–Crippen MR) is 67.1 cm³/mol. The van der Waals surface area contributed by atoms with Gasteiger partial charge in [0, 0.05) is 19.6 Å². The van der Waals surface area contributed by atoms with Crippen LogP contribution in [0.1, 0.15) is 36.5 Å². The van der Waals surface area contributed by atoms with E-state index in [1.165, 1.54) is 13.0 Å². The average molecular weight is 235 g/mol. The van der Waals surface area contributed by atoms with Gasteiger partial charge in [-0.25, -0.2) is 0 Å². The number of likely N-dealkylation sites (tertiary alicyclic amines) is 1. The van der Waals surface area contributed by atoms with Gasteiger partial charge in [0.15, 0.2) is 6.29 Å². The average Bonchev–Trinajstić information content (AvgIpc) is 2.86. The zero-order valence-corrected chi connectivity index (χ0v) is 10.9. The van der Waals surface area contributed by atoms with E-state index >= 15 is 0 Å².